The van der Waals surface area contributed by atoms with E-state index in [4.69, 9.17) is 9.26 Å². The molecule has 2 aromatic rings. The zero-order chi connectivity index (χ0) is 13.1. The van der Waals surface area contributed by atoms with Crippen molar-refractivity contribution >= 4 is 0 Å². The van der Waals surface area contributed by atoms with Gasteiger partial charge in [0.15, 0.2) is 5.82 Å². The number of rotatable bonds is 3. The highest BCUT2D eigenvalue weighted by Crippen LogP contribution is 2.23. The summed E-state index contributed by atoms with van der Waals surface area (Å²) in [6, 6.07) is 8.64. The summed E-state index contributed by atoms with van der Waals surface area (Å²) in [5.41, 5.74) is 2.58. The molecule has 1 aromatic carbocycles. The Hall–Kier alpha value is -1.72. The van der Waals surface area contributed by atoms with E-state index in [1.165, 1.54) is 17.5 Å². The third kappa shape index (κ3) is 2.83. The Labute approximate surface area is 112 Å². The number of aromatic nitrogens is 2. The maximum atomic E-state index is 5.53. The quantitative estimate of drug-likeness (QED) is 0.843. The first kappa shape index (κ1) is 12.3. The minimum Gasteiger partial charge on any atom is -0.378 e. The smallest absolute Gasteiger partial charge is 0.213 e. The standard InChI is InChI=1S/C14H17N3O2/c1-11-3-2-4-12(7-11)8-17-5-6-18-9-13(17)14-15-10-19-16-14/h2-4,7,10,13H,5-6,8-9H2,1H3. The van der Waals surface area contributed by atoms with Gasteiger partial charge in [0, 0.05) is 13.1 Å². The van der Waals surface area contributed by atoms with E-state index in [0.29, 0.717) is 12.4 Å². The van der Waals surface area contributed by atoms with Crippen molar-refractivity contribution in [2.24, 2.45) is 0 Å². The van der Waals surface area contributed by atoms with Gasteiger partial charge in [0.05, 0.1) is 19.3 Å². The van der Waals surface area contributed by atoms with Gasteiger partial charge in [-0.2, -0.15) is 4.98 Å². The van der Waals surface area contributed by atoms with Gasteiger partial charge >= 0.3 is 0 Å². The van der Waals surface area contributed by atoms with Crippen LogP contribution in [-0.2, 0) is 11.3 Å². The molecular formula is C14H17N3O2. The molecule has 5 nitrogen and oxygen atoms in total. The van der Waals surface area contributed by atoms with Crippen molar-refractivity contribution < 1.29 is 9.26 Å². The van der Waals surface area contributed by atoms with Crippen LogP contribution in [0.3, 0.4) is 0 Å². The van der Waals surface area contributed by atoms with Gasteiger partial charge in [-0.1, -0.05) is 35.0 Å². The third-order valence-corrected chi connectivity index (χ3v) is 3.38. The van der Waals surface area contributed by atoms with E-state index in [0.717, 1.165) is 19.7 Å². The second kappa shape index (κ2) is 5.50. The monoisotopic (exact) mass is 259 g/mol. The number of morpholine rings is 1. The van der Waals surface area contributed by atoms with E-state index in [1.54, 1.807) is 0 Å². The fourth-order valence-electron chi connectivity index (χ4n) is 2.44. The topological polar surface area (TPSA) is 51.4 Å². The van der Waals surface area contributed by atoms with E-state index < -0.39 is 0 Å². The van der Waals surface area contributed by atoms with Crippen LogP contribution in [0.2, 0.25) is 0 Å². The third-order valence-electron chi connectivity index (χ3n) is 3.38. The first-order valence-corrected chi connectivity index (χ1v) is 6.46. The molecule has 100 valence electrons. The number of hydrogen-bond acceptors (Lipinski definition) is 5. The maximum Gasteiger partial charge on any atom is 0.213 e. The zero-order valence-electron chi connectivity index (χ0n) is 11.0. The Morgan fingerprint density at radius 3 is 3.16 bits per heavy atom. The van der Waals surface area contributed by atoms with E-state index in [9.17, 15) is 0 Å². The lowest BCUT2D eigenvalue weighted by Crippen LogP contribution is -2.39. The molecule has 19 heavy (non-hydrogen) atoms. The summed E-state index contributed by atoms with van der Waals surface area (Å²) in [5, 5.41) is 3.94. The first-order chi connectivity index (χ1) is 9.33. The highest BCUT2D eigenvalue weighted by Gasteiger charge is 2.27. The van der Waals surface area contributed by atoms with Gasteiger partial charge in [0.2, 0.25) is 6.39 Å². The summed E-state index contributed by atoms with van der Waals surface area (Å²) >= 11 is 0. The van der Waals surface area contributed by atoms with Crippen LogP contribution in [0.1, 0.15) is 23.0 Å². The molecular weight excluding hydrogens is 242 g/mol. The molecule has 0 N–H and O–H groups in total. The van der Waals surface area contributed by atoms with Gasteiger partial charge in [-0.05, 0) is 12.5 Å². The highest BCUT2D eigenvalue weighted by molar-refractivity contribution is 5.22. The van der Waals surface area contributed by atoms with Crippen molar-refractivity contribution in [3.8, 4) is 0 Å². The van der Waals surface area contributed by atoms with Crippen LogP contribution in [0.25, 0.3) is 0 Å². The molecule has 0 spiro atoms. The molecule has 0 bridgehead atoms. The van der Waals surface area contributed by atoms with E-state index >= 15 is 0 Å². The van der Waals surface area contributed by atoms with Crippen LogP contribution < -0.4 is 0 Å². The Morgan fingerprint density at radius 1 is 1.42 bits per heavy atom. The van der Waals surface area contributed by atoms with Crippen molar-refractivity contribution in [1.29, 1.82) is 0 Å². The Kier molecular flexibility index (Phi) is 3.57. The average molecular weight is 259 g/mol. The lowest BCUT2D eigenvalue weighted by Gasteiger charge is -2.33. The van der Waals surface area contributed by atoms with Crippen LogP contribution in [0, 0.1) is 6.92 Å². The second-order valence-electron chi connectivity index (χ2n) is 4.84. The molecule has 1 atom stereocenters. The molecule has 0 radical (unpaired) electrons. The van der Waals surface area contributed by atoms with Crippen molar-refractivity contribution in [2.75, 3.05) is 19.8 Å². The number of hydrogen-bond donors (Lipinski definition) is 0. The summed E-state index contributed by atoms with van der Waals surface area (Å²) < 4.78 is 10.4. The molecule has 5 heteroatoms. The lowest BCUT2D eigenvalue weighted by atomic mass is 10.1. The molecule has 1 fully saturated rings. The minimum atomic E-state index is 0.0769. The fourth-order valence-corrected chi connectivity index (χ4v) is 2.44. The van der Waals surface area contributed by atoms with Gasteiger partial charge in [-0.25, -0.2) is 0 Å². The van der Waals surface area contributed by atoms with Gasteiger partial charge < -0.3 is 9.26 Å². The predicted octanol–water partition coefficient (Wildman–Crippen LogP) is 1.95. The lowest BCUT2D eigenvalue weighted by molar-refractivity contribution is -0.0166. The summed E-state index contributed by atoms with van der Waals surface area (Å²) in [5.74, 6) is 0.701. The largest absolute Gasteiger partial charge is 0.378 e. The second-order valence-corrected chi connectivity index (χ2v) is 4.84. The number of aryl methyl sites for hydroxylation is 1. The zero-order valence-corrected chi connectivity index (χ0v) is 11.0. The van der Waals surface area contributed by atoms with Crippen molar-refractivity contribution in [3.63, 3.8) is 0 Å². The number of benzene rings is 1. The van der Waals surface area contributed by atoms with Crippen LogP contribution in [0.15, 0.2) is 35.2 Å². The van der Waals surface area contributed by atoms with E-state index in [1.807, 2.05) is 0 Å². The molecule has 0 amide bonds. The normalized spacial score (nSPS) is 20.6. The van der Waals surface area contributed by atoms with Gasteiger partial charge in [-0.15, -0.1) is 0 Å². The van der Waals surface area contributed by atoms with Crippen LogP contribution >= 0.6 is 0 Å². The van der Waals surface area contributed by atoms with Crippen LogP contribution in [-0.4, -0.2) is 34.8 Å². The predicted molar refractivity (Wildman–Crippen MR) is 69.4 cm³/mol. The number of nitrogens with zero attached hydrogens (tertiary/aromatic N) is 3. The van der Waals surface area contributed by atoms with Crippen molar-refractivity contribution in [1.82, 2.24) is 15.0 Å². The van der Waals surface area contributed by atoms with E-state index in [-0.39, 0.29) is 6.04 Å². The van der Waals surface area contributed by atoms with Crippen LogP contribution in [0.4, 0.5) is 0 Å². The van der Waals surface area contributed by atoms with E-state index in [2.05, 4.69) is 46.2 Å². The molecule has 1 unspecified atom stereocenters. The van der Waals surface area contributed by atoms with Crippen molar-refractivity contribution in [3.05, 3.63) is 47.6 Å². The fraction of sp³-hybridized carbons (Fsp3) is 0.429. The first-order valence-electron chi connectivity index (χ1n) is 6.46. The molecule has 0 saturated carbocycles. The molecule has 1 saturated heterocycles. The SMILES string of the molecule is Cc1cccc(CN2CCOCC2c2ncon2)c1. The molecule has 1 aliphatic heterocycles. The molecule has 1 aliphatic rings. The summed E-state index contributed by atoms with van der Waals surface area (Å²) in [6.07, 6.45) is 1.37. The Bertz CT molecular complexity index is 527. The minimum absolute atomic E-state index is 0.0769. The summed E-state index contributed by atoms with van der Waals surface area (Å²) in [7, 11) is 0. The van der Waals surface area contributed by atoms with Crippen LogP contribution in [0.5, 0.6) is 0 Å². The van der Waals surface area contributed by atoms with Gasteiger partial charge in [0.25, 0.3) is 0 Å². The molecule has 1 aromatic heterocycles. The Morgan fingerprint density at radius 2 is 2.37 bits per heavy atom. The highest BCUT2D eigenvalue weighted by atomic mass is 16.5. The van der Waals surface area contributed by atoms with Gasteiger partial charge in [-0.3, -0.25) is 4.90 Å². The summed E-state index contributed by atoms with van der Waals surface area (Å²) in [6.45, 7) is 5.24. The number of ether oxygens (including phenoxy) is 1. The van der Waals surface area contributed by atoms with Gasteiger partial charge in [0.1, 0.15) is 0 Å². The molecule has 3 rings (SSSR count). The molecule has 2 heterocycles. The average Bonchev–Trinajstić information content (AvgIpc) is 2.93. The molecule has 0 aliphatic carbocycles. The van der Waals surface area contributed by atoms with Crippen molar-refractivity contribution in [2.45, 2.75) is 19.5 Å². The maximum absolute atomic E-state index is 5.53. The Balaban J connectivity index is 1.77. The summed E-state index contributed by atoms with van der Waals surface area (Å²) in [4.78, 5) is 6.49.